The topological polar surface area (TPSA) is 106 Å². The van der Waals surface area contributed by atoms with E-state index in [1.165, 1.54) is 4.90 Å². The third kappa shape index (κ3) is 3.54. The molecule has 1 aliphatic rings. The van der Waals surface area contributed by atoms with Gasteiger partial charge in [-0.25, -0.2) is 13.6 Å². The number of carbonyl (C=O) groups excluding carboxylic acids is 1. The van der Waals surface area contributed by atoms with Crippen LogP contribution in [-0.4, -0.2) is 31.8 Å². The van der Waals surface area contributed by atoms with E-state index >= 15 is 0 Å². The molecule has 1 aromatic heterocycles. The summed E-state index contributed by atoms with van der Waals surface area (Å²) in [5, 5.41) is 9.48. The standard InChI is InChI=1S/C14H14ClN3O4S/c15-11-4-2-1-3-10(11)12-6-14(22-17-12)18-7-9(5-13(18)19)8-23(16,20)21/h1-4,6,9H,5,7-8H2,(H2,16,20,21). The molecule has 0 aliphatic carbocycles. The summed E-state index contributed by atoms with van der Waals surface area (Å²) in [5.41, 5.74) is 1.20. The van der Waals surface area contributed by atoms with Crippen LogP contribution in [0, 0.1) is 5.92 Å². The van der Waals surface area contributed by atoms with Crippen molar-refractivity contribution < 1.29 is 17.7 Å². The first-order chi connectivity index (χ1) is 10.8. The molecule has 0 radical (unpaired) electrons. The first-order valence-electron chi connectivity index (χ1n) is 6.86. The fourth-order valence-electron chi connectivity index (χ4n) is 2.62. The van der Waals surface area contributed by atoms with Gasteiger partial charge in [0.05, 0.1) is 10.8 Å². The molecule has 1 atom stereocenters. The van der Waals surface area contributed by atoms with Gasteiger partial charge in [-0.3, -0.25) is 9.69 Å². The lowest BCUT2D eigenvalue weighted by Gasteiger charge is -2.11. The lowest BCUT2D eigenvalue weighted by Crippen LogP contribution is -2.27. The zero-order valence-corrected chi connectivity index (χ0v) is 13.5. The van der Waals surface area contributed by atoms with Gasteiger partial charge in [0.15, 0.2) is 0 Å². The lowest BCUT2D eigenvalue weighted by molar-refractivity contribution is -0.117. The lowest BCUT2D eigenvalue weighted by atomic mass is 10.1. The van der Waals surface area contributed by atoms with Crippen molar-refractivity contribution in [1.29, 1.82) is 0 Å². The van der Waals surface area contributed by atoms with Crippen LogP contribution in [0.5, 0.6) is 0 Å². The smallest absolute Gasteiger partial charge is 0.234 e. The van der Waals surface area contributed by atoms with Gasteiger partial charge in [-0.2, -0.15) is 0 Å². The predicted molar refractivity (Wildman–Crippen MR) is 85.4 cm³/mol. The molecule has 1 amide bonds. The predicted octanol–water partition coefficient (Wildman–Crippen LogP) is 1.64. The minimum atomic E-state index is -3.62. The largest absolute Gasteiger partial charge is 0.338 e. The first-order valence-corrected chi connectivity index (χ1v) is 8.95. The van der Waals surface area contributed by atoms with Gasteiger partial charge in [-0.05, 0) is 6.07 Å². The molecule has 1 fully saturated rings. The van der Waals surface area contributed by atoms with Crippen LogP contribution in [0.3, 0.4) is 0 Å². The van der Waals surface area contributed by atoms with Crippen LogP contribution in [0.1, 0.15) is 6.42 Å². The summed E-state index contributed by atoms with van der Waals surface area (Å²) in [7, 11) is -3.62. The molecule has 2 aromatic rings. The molecule has 0 spiro atoms. The number of aromatic nitrogens is 1. The summed E-state index contributed by atoms with van der Waals surface area (Å²) >= 11 is 6.11. The second-order valence-corrected chi connectivity index (χ2v) is 7.50. The average molecular weight is 356 g/mol. The van der Waals surface area contributed by atoms with Gasteiger partial charge in [0.25, 0.3) is 0 Å². The number of amides is 1. The van der Waals surface area contributed by atoms with Gasteiger partial charge in [-0.1, -0.05) is 35.0 Å². The van der Waals surface area contributed by atoms with Gasteiger partial charge in [-0.15, -0.1) is 0 Å². The minimum Gasteiger partial charge on any atom is -0.338 e. The Morgan fingerprint density at radius 1 is 1.39 bits per heavy atom. The molecule has 9 heteroatoms. The van der Waals surface area contributed by atoms with Gasteiger partial charge >= 0.3 is 0 Å². The number of hydrogen-bond acceptors (Lipinski definition) is 5. The Bertz CT molecular complexity index is 849. The Labute approximate surface area is 138 Å². The molecule has 1 saturated heterocycles. The van der Waals surface area contributed by atoms with Crippen LogP contribution < -0.4 is 10.0 Å². The zero-order chi connectivity index (χ0) is 16.6. The highest BCUT2D eigenvalue weighted by Gasteiger charge is 2.34. The monoisotopic (exact) mass is 355 g/mol. The molecule has 0 saturated carbocycles. The molecule has 2 N–H and O–H groups in total. The van der Waals surface area contributed by atoms with Crippen LogP contribution >= 0.6 is 11.6 Å². The number of nitrogens with two attached hydrogens (primary N) is 1. The molecule has 7 nitrogen and oxygen atoms in total. The highest BCUT2D eigenvalue weighted by atomic mass is 35.5. The van der Waals surface area contributed by atoms with E-state index in [0.29, 0.717) is 16.3 Å². The molecular weight excluding hydrogens is 342 g/mol. The second-order valence-electron chi connectivity index (χ2n) is 5.43. The maximum absolute atomic E-state index is 12.1. The maximum atomic E-state index is 12.1. The highest BCUT2D eigenvalue weighted by molar-refractivity contribution is 7.89. The fraction of sp³-hybridized carbons (Fsp3) is 0.286. The third-order valence-electron chi connectivity index (χ3n) is 3.59. The molecule has 23 heavy (non-hydrogen) atoms. The van der Waals surface area contributed by atoms with Crippen molar-refractivity contribution in [1.82, 2.24) is 5.16 Å². The molecule has 122 valence electrons. The molecular formula is C14H14ClN3O4S. The number of rotatable bonds is 4. The fourth-order valence-corrected chi connectivity index (χ4v) is 3.74. The summed E-state index contributed by atoms with van der Waals surface area (Å²) in [6.45, 7) is 0.229. The van der Waals surface area contributed by atoms with Crippen molar-refractivity contribution in [3.8, 4) is 11.3 Å². The van der Waals surface area contributed by atoms with Crippen LogP contribution in [0.2, 0.25) is 5.02 Å². The second kappa shape index (κ2) is 5.95. The van der Waals surface area contributed by atoms with Crippen molar-refractivity contribution in [2.24, 2.45) is 11.1 Å². The number of primary sulfonamides is 1. The number of carbonyl (C=O) groups is 1. The first kappa shape index (κ1) is 16.0. The Kier molecular flexibility index (Phi) is 4.13. The number of anilines is 1. The third-order valence-corrected chi connectivity index (χ3v) is 4.85. The van der Waals surface area contributed by atoms with Gasteiger partial charge < -0.3 is 4.52 Å². The van der Waals surface area contributed by atoms with Gasteiger partial charge in [0.2, 0.25) is 21.8 Å². The van der Waals surface area contributed by atoms with Crippen LogP contribution in [0.4, 0.5) is 5.88 Å². The average Bonchev–Trinajstić information content (AvgIpc) is 3.04. The van der Waals surface area contributed by atoms with Crippen molar-refractivity contribution in [3.63, 3.8) is 0 Å². The van der Waals surface area contributed by atoms with Crippen molar-refractivity contribution in [2.75, 3.05) is 17.2 Å². The summed E-state index contributed by atoms with van der Waals surface area (Å²) in [4.78, 5) is 13.4. The molecule has 3 rings (SSSR count). The Hall–Kier alpha value is -1.90. The van der Waals surface area contributed by atoms with Crippen molar-refractivity contribution >= 4 is 33.4 Å². The van der Waals surface area contributed by atoms with Crippen molar-refractivity contribution in [3.05, 3.63) is 35.4 Å². The Morgan fingerprint density at radius 2 is 2.13 bits per heavy atom. The van der Waals surface area contributed by atoms with Gasteiger partial charge in [0.1, 0.15) is 5.69 Å². The van der Waals surface area contributed by atoms with Crippen LogP contribution in [0.25, 0.3) is 11.3 Å². The summed E-state index contributed by atoms with van der Waals surface area (Å²) in [6.07, 6.45) is 0.110. The number of nitrogens with zero attached hydrogens (tertiary/aromatic N) is 2. The van der Waals surface area contributed by atoms with Crippen molar-refractivity contribution in [2.45, 2.75) is 6.42 Å². The maximum Gasteiger partial charge on any atom is 0.234 e. The SMILES string of the molecule is NS(=O)(=O)CC1CC(=O)N(c2cc(-c3ccccc3Cl)no2)C1. The van der Waals surface area contributed by atoms with E-state index in [1.54, 1.807) is 24.3 Å². The van der Waals surface area contributed by atoms with E-state index in [1.807, 2.05) is 6.07 Å². The highest BCUT2D eigenvalue weighted by Crippen LogP contribution is 2.32. The number of halogens is 1. The van der Waals surface area contributed by atoms with E-state index in [9.17, 15) is 13.2 Å². The Morgan fingerprint density at radius 3 is 2.83 bits per heavy atom. The normalized spacial score (nSPS) is 18.6. The number of hydrogen-bond donors (Lipinski definition) is 1. The minimum absolute atomic E-state index is 0.110. The molecule has 2 heterocycles. The zero-order valence-electron chi connectivity index (χ0n) is 12.0. The van der Waals surface area contributed by atoms with E-state index < -0.39 is 10.0 Å². The van der Waals surface area contributed by atoms with E-state index in [-0.39, 0.29) is 36.4 Å². The van der Waals surface area contributed by atoms with Gasteiger partial charge in [0, 0.05) is 30.5 Å². The van der Waals surface area contributed by atoms with E-state index in [2.05, 4.69) is 5.16 Å². The number of sulfonamides is 1. The van der Waals surface area contributed by atoms with E-state index in [0.717, 1.165) is 0 Å². The molecule has 1 unspecified atom stereocenters. The quantitative estimate of drug-likeness (QED) is 0.897. The van der Waals surface area contributed by atoms with Crippen LogP contribution in [-0.2, 0) is 14.8 Å². The number of benzene rings is 1. The Balaban J connectivity index is 1.81. The molecule has 1 aliphatic heterocycles. The molecule has 1 aromatic carbocycles. The summed E-state index contributed by atoms with van der Waals surface area (Å²) in [5.74, 6) is -0.547. The summed E-state index contributed by atoms with van der Waals surface area (Å²) in [6, 6.07) is 8.75. The molecule has 0 bridgehead atoms. The van der Waals surface area contributed by atoms with E-state index in [4.69, 9.17) is 21.3 Å². The van der Waals surface area contributed by atoms with Crippen LogP contribution in [0.15, 0.2) is 34.9 Å². The summed E-state index contributed by atoms with van der Waals surface area (Å²) < 4.78 is 27.5.